The van der Waals surface area contributed by atoms with Crippen LogP contribution in [-0.4, -0.2) is 23.6 Å². The Bertz CT molecular complexity index is 451. The molecule has 5 nitrogen and oxygen atoms in total. The van der Waals surface area contributed by atoms with E-state index < -0.39 is 11.4 Å². The Labute approximate surface area is 112 Å². The lowest BCUT2D eigenvalue weighted by molar-refractivity contribution is -0.148. The van der Waals surface area contributed by atoms with Crippen LogP contribution in [0.15, 0.2) is 24.3 Å². The van der Waals surface area contributed by atoms with Crippen LogP contribution >= 0.6 is 0 Å². The first-order valence-corrected chi connectivity index (χ1v) is 6.11. The van der Waals surface area contributed by atoms with E-state index in [0.29, 0.717) is 12.3 Å². The van der Waals surface area contributed by atoms with Crippen LogP contribution in [0.25, 0.3) is 0 Å². The third kappa shape index (κ3) is 4.62. The minimum Gasteiger partial charge on any atom is -0.494 e. The number of anilines is 1. The molecule has 0 fully saturated rings. The van der Waals surface area contributed by atoms with Crippen molar-refractivity contribution in [1.82, 2.24) is 0 Å². The molecule has 104 valence electrons. The number of benzene rings is 1. The number of aliphatic carboxylic acids is 1. The summed E-state index contributed by atoms with van der Waals surface area (Å²) >= 11 is 0. The van der Waals surface area contributed by atoms with Crippen molar-refractivity contribution < 1.29 is 19.4 Å². The maximum atomic E-state index is 11.7. The SMILES string of the molecule is CCOc1ccc(NC(=O)CC(C)(C)C(=O)O)cc1. The standard InChI is InChI=1S/C14H19NO4/c1-4-19-11-7-5-10(6-8-11)15-12(16)9-14(2,3)13(17)18/h5-8H,4,9H2,1-3H3,(H,15,16)(H,17,18). The topological polar surface area (TPSA) is 75.6 Å². The van der Waals surface area contributed by atoms with E-state index in [9.17, 15) is 9.59 Å². The summed E-state index contributed by atoms with van der Waals surface area (Å²) in [6.07, 6.45) is -0.0739. The summed E-state index contributed by atoms with van der Waals surface area (Å²) < 4.78 is 5.29. The van der Waals surface area contributed by atoms with Crippen LogP contribution in [0.1, 0.15) is 27.2 Å². The van der Waals surface area contributed by atoms with Crippen LogP contribution in [0, 0.1) is 5.41 Å². The zero-order chi connectivity index (χ0) is 14.5. The molecule has 0 unspecified atom stereocenters. The Kier molecular flexibility index (Phi) is 4.92. The highest BCUT2D eigenvalue weighted by Crippen LogP contribution is 2.22. The van der Waals surface area contributed by atoms with Crippen LogP contribution in [-0.2, 0) is 9.59 Å². The summed E-state index contributed by atoms with van der Waals surface area (Å²) in [6.45, 7) is 5.52. The normalized spacial score (nSPS) is 10.9. The number of rotatable bonds is 6. The molecule has 1 aromatic rings. The van der Waals surface area contributed by atoms with Gasteiger partial charge in [-0.15, -0.1) is 0 Å². The van der Waals surface area contributed by atoms with E-state index in [1.807, 2.05) is 6.92 Å². The second-order valence-corrected chi connectivity index (χ2v) is 4.87. The van der Waals surface area contributed by atoms with Gasteiger partial charge in [0.05, 0.1) is 12.0 Å². The maximum absolute atomic E-state index is 11.7. The molecule has 2 N–H and O–H groups in total. The van der Waals surface area contributed by atoms with Gasteiger partial charge in [-0.2, -0.15) is 0 Å². The molecular weight excluding hydrogens is 246 g/mol. The molecule has 1 rings (SSSR count). The second kappa shape index (κ2) is 6.22. The zero-order valence-electron chi connectivity index (χ0n) is 11.4. The molecule has 0 radical (unpaired) electrons. The van der Waals surface area contributed by atoms with E-state index in [-0.39, 0.29) is 12.3 Å². The summed E-state index contributed by atoms with van der Waals surface area (Å²) in [6, 6.07) is 6.94. The Morgan fingerprint density at radius 3 is 2.32 bits per heavy atom. The highest BCUT2D eigenvalue weighted by molar-refractivity contribution is 5.94. The van der Waals surface area contributed by atoms with E-state index in [4.69, 9.17) is 9.84 Å². The number of hydrogen-bond acceptors (Lipinski definition) is 3. The molecule has 0 spiro atoms. The van der Waals surface area contributed by atoms with Gasteiger partial charge in [0.2, 0.25) is 5.91 Å². The quantitative estimate of drug-likeness (QED) is 0.828. The minimum absolute atomic E-state index is 0.0739. The van der Waals surface area contributed by atoms with Crippen molar-refractivity contribution in [2.45, 2.75) is 27.2 Å². The lowest BCUT2D eigenvalue weighted by atomic mass is 9.89. The average Bonchev–Trinajstić information content (AvgIpc) is 2.31. The Morgan fingerprint density at radius 2 is 1.84 bits per heavy atom. The summed E-state index contributed by atoms with van der Waals surface area (Å²) in [5.74, 6) is -0.586. The van der Waals surface area contributed by atoms with Gasteiger partial charge in [-0.1, -0.05) is 0 Å². The van der Waals surface area contributed by atoms with Gasteiger partial charge in [0, 0.05) is 12.1 Å². The lowest BCUT2D eigenvalue weighted by Crippen LogP contribution is -2.29. The number of carboxylic acids is 1. The van der Waals surface area contributed by atoms with Crippen LogP contribution < -0.4 is 10.1 Å². The zero-order valence-corrected chi connectivity index (χ0v) is 11.4. The summed E-state index contributed by atoms with van der Waals surface area (Å²) in [5.41, 5.74) is -0.454. The molecule has 5 heteroatoms. The summed E-state index contributed by atoms with van der Waals surface area (Å²) in [5, 5.41) is 11.6. The van der Waals surface area contributed by atoms with Gasteiger partial charge in [0.25, 0.3) is 0 Å². The molecule has 0 heterocycles. The van der Waals surface area contributed by atoms with Crippen molar-refractivity contribution in [2.24, 2.45) is 5.41 Å². The van der Waals surface area contributed by atoms with E-state index in [2.05, 4.69) is 5.32 Å². The fourth-order valence-electron chi connectivity index (χ4n) is 1.48. The molecule has 0 saturated heterocycles. The number of hydrogen-bond donors (Lipinski definition) is 2. The predicted molar refractivity (Wildman–Crippen MR) is 72.3 cm³/mol. The third-order valence-corrected chi connectivity index (χ3v) is 2.63. The number of carbonyl (C=O) groups excluding carboxylic acids is 1. The monoisotopic (exact) mass is 265 g/mol. The first-order chi connectivity index (χ1) is 8.85. The molecule has 0 aliphatic carbocycles. The second-order valence-electron chi connectivity index (χ2n) is 4.87. The molecule has 0 aromatic heterocycles. The largest absolute Gasteiger partial charge is 0.494 e. The number of ether oxygens (including phenoxy) is 1. The van der Waals surface area contributed by atoms with Crippen LogP contribution in [0.5, 0.6) is 5.75 Å². The van der Waals surface area contributed by atoms with Gasteiger partial charge >= 0.3 is 5.97 Å². The molecule has 0 bridgehead atoms. The molecule has 19 heavy (non-hydrogen) atoms. The number of carbonyl (C=O) groups is 2. The summed E-state index contributed by atoms with van der Waals surface area (Å²) in [7, 11) is 0. The van der Waals surface area contributed by atoms with Crippen LogP contribution in [0.2, 0.25) is 0 Å². The summed E-state index contributed by atoms with van der Waals surface area (Å²) in [4.78, 5) is 22.7. The maximum Gasteiger partial charge on any atom is 0.309 e. The molecule has 1 aromatic carbocycles. The molecule has 0 aliphatic rings. The molecule has 0 aliphatic heterocycles. The van der Waals surface area contributed by atoms with Gasteiger partial charge in [0.15, 0.2) is 0 Å². The minimum atomic E-state index is -1.07. The fourth-order valence-corrected chi connectivity index (χ4v) is 1.48. The number of nitrogens with one attached hydrogen (secondary N) is 1. The Hall–Kier alpha value is -2.04. The lowest BCUT2D eigenvalue weighted by Gasteiger charge is -2.18. The van der Waals surface area contributed by atoms with Crippen molar-refractivity contribution in [3.05, 3.63) is 24.3 Å². The third-order valence-electron chi connectivity index (χ3n) is 2.63. The predicted octanol–water partition coefficient (Wildman–Crippen LogP) is 2.52. The van der Waals surface area contributed by atoms with E-state index in [1.165, 1.54) is 13.8 Å². The first-order valence-electron chi connectivity index (χ1n) is 6.11. The van der Waals surface area contributed by atoms with Gasteiger partial charge in [0.1, 0.15) is 5.75 Å². The van der Waals surface area contributed by atoms with Crippen molar-refractivity contribution in [3.63, 3.8) is 0 Å². The highest BCUT2D eigenvalue weighted by Gasteiger charge is 2.30. The molecule has 1 amide bonds. The molecular formula is C14H19NO4. The van der Waals surface area contributed by atoms with Gasteiger partial charge in [-0.05, 0) is 45.0 Å². The van der Waals surface area contributed by atoms with E-state index in [0.717, 1.165) is 5.75 Å². The van der Waals surface area contributed by atoms with Gasteiger partial charge < -0.3 is 15.2 Å². The van der Waals surface area contributed by atoms with Crippen molar-refractivity contribution >= 4 is 17.6 Å². The smallest absolute Gasteiger partial charge is 0.309 e. The molecule has 0 atom stereocenters. The van der Waals surface area contributed by atoms with Crippen LogP contribution in [0.3, 0.4) is 0 Å². The van der Waals surface area contributed by atoms with E-state index >= 15 is 0 Å². The van der Waals surface area contributed by atoms with Crippen LogP contribution in [0.4, 0.5) is 5.69 Å². The Balaban J connectivity index is 2.60. The Morgan fingerprint density at radius 1 is 1.26 bits per heavy atom. The average molecular weight is 265 g/mol. The van der Waals surface area contributed by atoms with Gasteiger partial charge in [-0.3, -0.25) is 9.59 Å². The van der Waals surface area contributed by atoms with Crippen molar-refractivity contribution in [1.29, 1.82) is 0 Å². The fraction of sp³-hybridized carbons (Fsp3) is 0.429. The highest BCUT2D eigenvalue weighted by atomic mass is 16.5. The first kappa shape index (κ1) is 15.0. The number of carboxylic acid groups (broad SMARTS) is 1. The molecule has 0 saturated carbocycles. The van der Waals surface area contributed by atoms with Crippen molar-refractivity contribution in [3.8, 4) is 5.75 Å². The van der Waals surface area contributed by atoms with Crippen molar-refractivity contribution in [2.75, 3.05) is 11.9 Å². The van der Waals surface area contributed by atoms with E-state index in [1.54, 1.807) is 24.3 Å². The van der Waals surface area contributed by atoms with Gasteiger partial charge in [-0.25, -0.2) is 0 Å². The number of amides is 1.